The molecule has 0 aliphatic rings. The van der Waals surface area contributed by atoms with Crippen molar-refractivity contribution in [2.75, 3.05) is 0 Å². The van der Waals surface area contributed by atoms with Crippen LogP contribution in [0.25, 0.3) is 6.08 Å². The number of alkyl halides is 3. The molecule has 0 aromatic carbocycles. The Kier molecular flexibility index (Phi) is 18.6. The largest absolute Gasteiger partial charge is 0.457 e. The maximum atomic E-state index is 14.8. The highest BCUT2D eigenvalue weighted by molar-refractivity contribution is 7.09. The number of rotatable bonds is 22. The smallest absolute Gasteiger partial charge is 0.412 e. The average molecular weight is 800 g/mol. The van der Waals surface area contributed by atoms with Crippen molar-refractivity contribution in [1.29, 1.82) is 0 Å². The first kappa shape index (κ1) is 48.9. The van der Waals surface area contributed by atoms with Gasteiger partial charge >= 0.3 is 12.1 Å². The van der Waals surface area contributed by atoms with Gasteiger partial charge in [-0.2, -0.15) is 13.2 Å². The zero-order valence-electron chi connectivity index (χ0n) is 35.0. The summed E-state index contributed by atoms with van der Waals surface area (Å²) in [6, 6.07) is 2.38. The predicted molar refractivity (Wildman–Crippen MR) is 220 cm³/mol. The first-order valence-electron chi connectivity index (χ1n) is 18.9. The summed E-state index contributed by atoms with van der Waals surface area (Å²) in [5, 5.41) is 2.59. The van der Waals surface area contributed by atoms with Crippen LogP contribution in [0.3, 0.4) is 0 Å². The summed E-state index contributed by atoms with van der Waals surface area (Å²) < 4.78 is 61.5. The third-order valence-electron chi connectivity index (χ3n) is 11.3. The quantitative estimate of drug-likeness (QED) is 0.0661. The van der Waals surface area contributed by atoms with Crippen LogP contribution < -0.4 is 0 Å². The maximum absolute atomic E-state index is 14.8. The Labute approximate surface area is 325 Å². The van der Waals surface area contributed by atoms with Gasteiger partial charge in [0.25, 0.3) is 0 Å². The van der Waals surface area contributed by atoms with E-state index in [-0.39, 0.29) is 36.0 Å². The van der Waals surface area contributed by atoms with Gasteiger partial charge in [-0.15, -0.1) is 24.5 Å². The number of carbonyl (C=O) groups is 2. The minimum atomic E-state index is -4.56. The SMILES string of the molecule is C=CC/C(=C\C[C@H](OC(=O)C[C@H](O[Si](CC)(CC)CC)C(C)(C)C(=O)[C@H](C)[C@@H](O[Si](C)(C)C(C)(C)C)[C@@H](C)C=C)/C(C)=C/c1csc(C)n1)C(F)(F)F. The van der Waals surface area contributed by atoms with Crippen LogP contribution in [0, 0.1) is 24.2 Å². The zero-order valence-corrected chi connectivity index (χ0v) is 37.8. The summed E-state index contributed by atoms with van der Waals surface area (Å²) in [6.07, 6.45) is -1.84. The number of allylic oxidation sites excluding steroid dienone is 2. The van der Waals surface area contributed by atoms with Crippen LogP contribution in [0.2, 0.25) is 36.3 Å². The number of esters is 1. The van der Waals surface area contributed by atoms with Gasteiger partial charge in [0.2, 0.25) is 0 Å². The van der Waals surface area contributed by atoms with Crippen LogP contribution in [0.1, 0.15) is 106 Å². The van der Waals surface area contributed by atoms with Gasteiger partial charge in [-0.05, 0) is 74.1 Å². The molecule has 0 saturated heterocycles. The molecule has 1 rings (SSSR count). The Balaban J connectivity index is 3.70. The van der Waals surface area contributed by atoms with E-state index >= 15 is 0 Å². The van der Waals surface area contributed by atoms with E-state index in [1.807, 2.05) is 46.1 Å². The number of hydrogen-bond donors (Lipinski definition) is 0. The molecule has 0 saturated carbocycles. The molecule has 0 aliphatic carbocycles. The van der Waals surface area contributed by atoms with E-state index in [1.165, 1.54) is 17.4 Å². The third-order valence-corrected chi connectivity index (χ3v) is 21.2. The predicted octanol–water partition coefficient (Wildman–Crippen LogP) is 12.4. The fourth-order valence-electron chi connectivity index (χ4n) is 6.13. The maximum Gasteiger partial charge on any atom is 0.412 e. The third kappa shape index (κ3) is 13.8. The van der Waals surface area contributed by atoms with Crippen molar-refractivity contribution in [2.24, 2.45) is 17.3 Å². The van der Waals surface area contributed by atoms with Gasteiger partial charge in [-0.3, -0.25) is 9.59 Å². The number of hydrogen-bond acceptors (Lipinski definition) is 7. The zero-order chi connectivity index (χ0) is 41.2. The van der Waals surface area contributed by atoms with Crippen molar-refractivity contribution in [1.82, 2.24) is 4.98 Å². The number of ether oxygens (including phenoxy) is 1. The van der Waals surface area contributed by atoms with E-state index in [1.54, 1.807) is 13.0 Å². The molecule has 0 unspecified atom stereocenters. The Hall–Kier alpha value is -2.13. The fourth-order valence-corrected chi connectivity index (χ4v) is 11.1. The second-order valence-electron chi connectivity index (χ2n) is 16.5. The molecule has 1 aromatic heterocycles. The summed E-state index contributed by atoms with van der Waals surface area (Å²) in [4.78, 5) is 33.2. The Morgan fingerprint density at radius 1 is 1.00 bits per heavy atom. The van der Waals surface area contributed by atoms with Crippen molar-refractivity contribution in [3.63, 3.8) is 0 Å². The van der Waals surface area contributed by atoms with Gasteiger partial charge in [0.05, 0.1) is 29.3 Å². The molecular weight excluding hydrogens is 732 g/mol. The lowest BCUT2D eigenvalue weighted by atomic mass is 9.73. The van der Waals surface area contributed by atoms with Gasteiger partial charge in [-0.1, -0.05) is 87.5 Å². The molecule has 1 aromatic rings. The van der Waals surface area contributed by atoms with E-state index in [0.717, 1.165) is 29.2 Å². The minimum Gasteiger partial charge on any atom is -0.457 e. The summed E-state index contributed by atoms with van der Waals surface area (Å²) in [5.41, 5.74) is -0.727. The number of Topliss-reactive ketones (excluding diaryl/α,β-unsaturated/α-hetero) is 1. The highest BCUT2D eigenvalue weighted by Crippen LogP contribution is 2.42. The number of halogens is 3. The van der Waals surface area contributed by atoms with E-state index in [9.17, 15) is 22.8 Å². The molecule has 0 amide bonds. The molecule has 0 spiro atoms. The standard InChI is InChI=1S/C41H68F3NO5SSi2/c1-17-22-32(41(42,43)44)23-24-34(29(7)25-33-27-51-31(9)45-33)48-36(46)26-35(49-53(19-3,20-4)21-5)40(13,14)38(47)30(8)37(28(6)18-2)50-52(15,16)39(10,11)12/h17-18,23,25,27-28,30,34-35,37H,1-2,19-22,24,26H2,3-16H3/b29-25+,32-23+/t28-,30+,34-,35-,37-/m0/s1. The minimum absolute atomic E-state index is 0.0857. The summed E-state index contributed by atoms with van der Waals surface area (Å²) in [5.74, 6) is -1.41. The Bertz CT molecular complexity index is 1430. The van der Waals surface area contributed by atoms with Crippen molar-refractivity contribution in [3.05, 3.63) is 58.6 Å². The average Bonchev–Trinajstić information content (AvgIpc) is 3.48. The normalized spacial score (nSPS) is 16.8. The number of carbonyl (C=O) groups excluding carboxylic acids is 2. The van der Waals surface area contributed by atoms with Gasteiger partial charge in [0.15, 0.2) is 16.6 Å². The first-order chi connectivity index (χ1) is 24.2. The van der Waals surface area contributed by atoms with Crippen molar-refractivity contribution >= 4 is 45.8 Å². The molecule has 0 radical (unpaired) electrons. The Morgan fingerprint density at radius 2 is 1.57 bits per heavy atom. The molecule has 53 heavy (non-hydrogen) atoms. The molecule has 12 heteroatoms. The van der Waals surface area contributed by atoms with E-state index < -0.39 is 64.0 Å². The molecule has 0 fully saturated rings. The molecule has 1 heterocycles. The molecule has 0 N–H and O–H groups in total. The van der Waals surface area contributed by atoms with Crippen LogP contribution in [-0.2, 0) is 23.2 Å². The van der Waals surface area contributed by atoms with E-state index in [0.29, 0.717) is 11.3 Å². The summed E-state index contributed by atoms with van der Waals surface area (Å²) in [6.45, 7) is 35.7. The van der Waals surface area contributed by atoms with Crippen LogP contribution in [0.4, 0.5) is 13.2 Å². The van der Waals surface area contributed by atoms with Crippen molar-refractivity contribution < 1.29 is 36.3 Å². The molecule has 302 valence electrons. The second kappa shape index (κ2) is 20.2. The molecular formula is C41H68F3NO5SSi2. The number of ketones is 1. The van der Waals surface area contributed by atoms with Crippen LogP contribution in [0.5, 0.6) is 0 Å². The topological polar surface area (TPSA) is 74.7 Å². The number of aromatic nitrogens is 1. The van der Waals surface area contributed by atoms with E-state index in [4.69, 9.17) is 13.6 Å². The molecule has 0 bridgehead atoms. The number of nitrogens with zero attached hydrogens (tertiary/aromatic N) is 1. The van der Waals surface area contributed by atoms with E-state index in [2.05, 4.69) is 72.8 Å². The highest BCUT2D eigenvalue weighted by Gasteiger charge is 2.49. The van der Waals surface area contributed by atoms with Gasteiger partial charge in [0, 0.05) is 28.7 Å². The second-order valence-corrected chi connectivity index (χ2v) is 27.0. The lowest BCUT2D eigenvalue weighted by Gasteiger charge is -2.45. The first-order valence-corrected chi connectivity index (χ1v) is 25.3. The Morgan fingerprint density at radius 3 is 2.00 bits per heavy atom. The lowest BCUT2D eigenvalue weighted by Crippen LogP contribution is -2.53. The van der Waals surface area contributed by atoms with Gasteiger partial charge < -0.3 is 13.6 Å². The number of thiazole rings is 1. The van der Waals surface area contributed by atoms with Crippen LogP contribution in [-0.4, -0.2) is 57.9 Å². The molecule has 5 atom stereocenters. The van der Waals surface area contributed by atoms with Crippen molar-refractivity contribution in [2.45, 2.75) is 163 Å². The van der Waals surface area contributed by atoms with Crippen molar-refractivity contribution in [3.8, 4) is 0 Å². The van der Waals surface area contributed by atoms with Crippen LogP contribution >= 0.6 is 11.3 Å². The fraction of sp³-hybridized carbons (Fsp3) is 0.683. The summed E-state index contributed by atoms with van der Waals surface area (Å²) >= 11 is 1.44. The highest BCUT2D eigenvalue weighted by atomic mass is 32.1. The van der Waals surface area contributed by atoms with Gasteiger partial charge in [0.1, 0.15) is 11.9 Å². The van der Waals surface area contributed by atoms with Gasteiger partial charge in [-0.25, -0.2) is 4.98 Å². The number of aryl methyl sites for hydroxylation is 1. The monoisotopic (exact) mass is 799 g/mol. The van der Waals surface area contributed by atoms with Crippen LogP contribution in [0.15, 0.2) is 47.9 Å². The molecule has 0 aliphatic heterocycles. The lowest BCUT2D eigenvalue weighted by molar-refractivity contribution is -0.153. The molecule has 6 nitrogen and oxygen atoms in total. The summed E-state index contributed by atoms with van der Waals surface area (Å²) in [7, 11) is -4.69.